The maximum atomic E-state index is 12.1. The van der Waals surface area contributed by atoms with Gasteiger partial charge in [-0.15, -0.1) is 0 Å². The van der Waals surface area contributed by atoms with Gasteiger partial charge in [0.25, 0.3) is 0 Å². The lowest BCUT2D eigenvalue weighted by atomic mass is 10.0. The van der Waals surface area contributed by atoms with E-state index in [-0.39, 0.29) is 11.4 Å². The Labute approximate surface area is 105 Å². The lowest BCUT2D eigenvalue weighted by Crippen LogP contribution is -2.12. The van der Waals surface area contributed by atoms with Crippen LogP contribution in [0.1, 0.15) is 23.2 Å². The number of carbonyl (C=O) groups is 1. The van der Waals surface area contributed by atoms with Gasteiger partial charge >= 0.3 is 0 Å². The molecule has 17 heavy (non-hydrogen) atoms. The highest BCUT2D eigenvalue weighted by atomic mass is 35.5. The lowest BCUT2D eigenvalue weighted by molar-refractivity contribution is 0.103. The molecule has 1 heterocycles. The van der Waals surface area contributed by atoms with Crippen LogP contribution in [0.3, 0.4) is 0 Å². The second kappa shape index (κ2) is 5.03. The van der Waals surface area contributed by atoms with Gasteiger partial charge in [0, 0.05) is 22.8 Å². The molecule has 2 rings (SSSR count). The van der Waals surface area contributed by atoms with Gasteiger partial charge in [-0.2, -0.15) is 5.26 Å². The third kappa shape index (κ3) is 2.48. The second-order valence-corrected chi connectivity index (χ2v) is 4.27. The smallest absolute Gasteiger partial charge is 0.205 e. The molecule has 3 nitrogen and oxygen atoms in total. The Bertz CT molecular complexity index is 503. The van der Waals surface area contributed by atoms with E-state index in [0.29, 0.717) is 10.6 Å². The van der Waals surface area contributed by atoms with E-state index in [1.54, 1.807) is 24.3 Å². The van der Waals surface area contributed by atoms with E-state index in [2.05, 4.69) is 5.32 Å². The molecule has 0 atom stereocenters. The summed E-state index contributed by atoms with van der Waals surface area (Å²) in [5.74, 6) is -0.242. The minimum absolute atomic E-state index is 0.213. The molecule has 0 spiro atoms. The van der Waals surface area contributed by atoms with Crippen LogP contribution in [0.4, 0.5) is 0 Å². The van der Waals surface area contributed by atoms with E-state index in [1.165, 1.54) is 0 Å². The fraction of sp³-hybridized carbons (Fsp3) is 0.231. The monoisotopic (exact) mass is 246 g/mol. The van der Waals surface area contributed by atoms with Crippen molar-refractivity contribution in [2.24, 2.45) is 0 Å². The van der Waals surface area contributed by atoms with Crippen molar-refractivity contribution < 1.29 is 4.79 Å². The molecule has 4 heteroatoms. The first-order valence-corrected chi connectivity index (χ1v) is 5.77. The van der Waals surface area contributed by atoms with Gasteiger partial charge in [0.1, 0.15) is 11.6 Å². The molecule has 0 radical (unpaired) electrons. The van der Waals surface area contributed by atoms with Crippen molar-refractivity contribution in [1.82, 2.24) is 5.32 Å². The molecule has 1 aromatic rings. The van der Waals surface area contributed by atoms with Crippen LogP contribution < -0.4 is 5.32 Å². The number of halogens is 1. The third-order valence-electron chi connectivity index (χ3n) is 2.69. The minimum atomic E-state index is -0.242. The molecular formula is C13H11ClN2O. The van der Waals surface area contributed by atoms with Gasteiger partial charge in [-0.05, 0) is 37.1 Å². The standard InChI is InChI=1S/C13H11ClN2O/c14-10-5-3-9(4-6-10)13(17)11(8-15)12-2-1-7-16-12/h3-6,16H,1-2,7H2. The Morgan fingerprint density at radius 2 is 2.06 bits per heavy atom. The molecule has 1 fully saturated rings. The topological polar surface area (TPSA) is 52.9 Å². The quantitative estimate of drug-likeness (QED) is 0.496. The first-order valence-electron chi connectivity index (χ1n) is 5.40. The maximum absolute atomic E-state index is 12.1. The van der Waals surface area contributed by atoms with E-state index in [0.717, 1.165) is 25.1 Å². The summed E-state index contributed by atoms with van der Waals surface area (Å²) in [6, 6.07) is 8.56. The highest BCUT2D eigenvalue weighted by Crippen LogP contribution is 2.19. The molecule has 0 aromatic heterocycles. The number of allylic oxidation sites excluding steroid dienone is 2. The summed E-state index contributed by atoms with van der Waals surface area (Å²) in [6.07, 6.45) is 1.73. The van der Waals surface area contributed by atoms with E-state index < -0.39 is 0 Å². The van der Waals surface area contributed by atoms with Crippen LogP contribution in [0.15, 0.2) is 35.5 Å². The van der Waals surface area contributed by atoms with Crippen LogP contribution in [0.25, 0.3) is 0 Å². The van der Waals surface area contributed by atoms with Gasteiger partial charge < -0.3 is 5.32 Å². The number of rotatable bonds is 2. The summed E-state index contributed by atoms with van der Waals surface area (Å²) in [6.45, 7) is 0.828. The number of benzene rings is 1. The number of Topliss-reactive ketones (excluding diaryl/α,β-unsaturated/α-hetero) is 1. The molecule has 86 valence electrons. The molecule has 0 aliphatic carbocycles. The summed E-state index contributed by atoms with van der Waals surface area (Å²) >= 11 is 5.76. The third-order valence-corrected chi connectivity index (χ3v) is 2.94. The van der Waals surface area contributed by atoms with Crippen LogP contribution in [0.2, 0.25) is 5.02 Å². The number of ketones is 1. The van der Waals surface area contributed by atoms with Crippen LogP contribution in [-0.4, -0.2) is 12.3 Å². The zero-order valence-electron chi connectivity index (χ0n) is 9.16. The highest BCUT2D eigenvalue weighted by Gasteiger charge is 2.19. The van der Waals surface area contributed by atoms with Crippen molar-refractivity contribution in [1.29, 1.82) is 5.26 Å². The van der Waals surface area contributed by atoms with Crippen molar-refractivity contribution in [3.8, 4) is 6.07 Å². The van der Waals surface area contributed by atoms with Crippen molar-refractivity contribution in [3.05, 3.63) is 46.1 Å². The number of carbonyl (C=O) groups excluding carboxylic acids is 1. The van der Waals surface area contributed by atoms with Gasteiger partial charge in [-0.1, -0.05) is 11.6 Å². The van der Waals surface area contributed by atoms with Gasteiger partial charge in [-0.25, -0.2) is 0 Å². The van der Waals surface area contributed by atoms with E-state index in [1.807, 2.05) is 6.07 Å². The average Bonchev–Trinajstić information content (AvgIpc) is 2.84. The van der Waals surface area contributed by atoms with Crippen LogP contribution in [0.5, 0.6) is 0 Å². The summed E-state index contributed by atoms with van der Waals surface area (Å²) in [5.41, 5.74) is 1.46. The Hall–Kier alpha value is -1.79. The number of nitrogens with one attached hydrogen (secondary N) is 1. The SMILES string of the molecule is N#CC(C(=O)c1ccc(Cl)cc1)=C1CCCN1. The molecule has 1 aliphatic heterocycles. The second-order valence-electron chi connectivity index (χ2n) is 3.83. The van der Waals surface area contributed by atoms with Crippen molar-refractivity contribution >= 4 is 17.4 Å². The molecule has 1 N–H and O–H groups in total. The first kappa shape index (κ1) is 11.7. The molecule has 0 saturated carbocycles. The summed E-state index contributed by atoms with van der Waals surface area (Å²) < 4.78 is 0. The van der Waals surface area contributed by atoms with E-state index in [9.17, 15) is 4.79 Å². The van der Waals surface area contributed by atoms with Crippen molar-refractivity contribution in [2.75, 3.05) is 6.54 Å². The number of nitriles is 1. The van der Waals surface area contributed by atoms with Gasteiger partial charge in [0.2, 0.25) is 5.78 Å². The molecule has 1 aromatic carbocycles. The molecule has 0 amide bonds. The van der Waals surface area contributed by atoms with Gasteiger partial charge in [-0.3, -0.25) is 4.79 Å². The zero-order valence-corrected chi connectivity index (χ0v) is 9.92. The van der Waals surface area contributed by atoms with E-state index in [4.69, 9.17) is 16.9 Å². The average molecular weight is 247 g/mol. The minimum Gasteiger partial charge on any atom is -0.387 e. The molecular weight excluding hydrogens is 236 g/mol. The Balaban J connectivity index is 2.33. The summed E-state index contributed by atoms with van der Waals surface area (Å²) in [4.78, 5) is 12.1. The molecule has 0 unspecified atom stereocenters. The van der Waals surface area contributed by atoms with E-state index >= 15 is 0 Å². The predicted octanol–water partition coefficient (Wildman–Crippen LogP) is 2.68. The Morgan fingerprint density at radius 3 is 2.59 bits per heavy atom. The summed E-state index contributed by atoms with van der Waals surface area (Å²) in [7, 11) is 0. The normalized spacial score (nSPS) is 17.2. The highest BCUT2D eigenvalue weighted by molar-refractivity contribution is 6.30. The van der Waals surface area contributed by atoms with Gasteiger partial charge in [0.15, 0.2) is 0 Å². The number of nitrogens with zero attached hydrogens (tertiary/aromatic N) is 1. The fourth-order valence-electron chi connectivity index (χ4n) is 1.81. The van der Waals surface area contributed by atoms with Crippen molar-refractivity contribution in [3.63, 3.8) is 0 Å². The zero-order chi connectivity index (χ0) is 12.3. The predicted molar refractivity (Wildman–Crippen MR) is 65.7 cm³/mol. The van der Waals surface area contributed by atoms with Crippen LogP contribution in [0, 0.1) is 11.3 Å². The fourth-order valence-corrected chi connectivity index (χ4v) is 1.93. The van der Waals surface area contributed by atoms with Crippen LogP contribution in [-0.2, 0) is 0 Å². The number of hydrogen-bond donors (Lipinski definition) is 1. The Morgan fingerprint density at radius 1 is 1.35 bits per heavy atom. The first-order chi connectivity index (χ1) is 8.22. The molecule has 1 aliphatic rings. The van der Waals surface area contributed by atoms with Gasteiger partial charge in [0.05, 0.1) is 0 Å². The largest absolute Gasteiger partial charge is 0.387 e. The van der Waals surface area contributed by atoms with Crippen molar-refractivity contribution in [2.45, 2.75) is 12.8 Å². The van der Waals surface area contributed by atoms with Crippen LogP contribution >= 0.6 is 11.6 Å². The number of hydrogen-bond acceptors (Lipinski definition) is 3. The molecule has 1 saturated heterocycles. The summed E-state index contributed by atoms with van der Waals surface area (Å²) in [5, 5.41) is 12.7. The maximum Gasteiger partial charge on any atom is 0.205 e. The Kier molecular flexibility index (Phi) is 3.46. The lowest BCUT2D eigenvalue weighted by Gasteiger charge is -2.04. The molecule has 0 bridgehead atoms.